The van der Waals surface area contributed by atoms with Crippen LogP contribution in [0.1, 0.15) is 26.2 Å². The van der Waals surface area contributed by atoms with Gasteiger partial charge < -0.3 is 18.9 Å². The van der Waals surface area contributed by atoms with Crippen molar-refractivity contribution in [2.45, 2.75) is 37.9 Å². The predicted octanol–water partition coefficient (Wildman–Crippen LogP) is 3.09. The van der Waals surface area contributed by atoms with E-state index in [9.17, 15) is 4.79 Å². The number of aromatic nitrogens is 3. The molecule has 0 saturated carbocycles. The molecule has 0 bridgehead atoms. The van der Waals surface area contributed by atoms with Gasteiger partial charge in [-0.2, -0.15) is 0 Å². The maximum absolute atomic E-state index is 12.4. The third-order valence-corrected chi connectivity index (χ3v) is 5.66. The molecule has 3 rings (SSSR count). The number of amides is 1. The summed E-state index contributed by atoms with van der Waals surface area (Å²) >= 11 is 1.45. The van der Waals surface area contributed by atoms with Crippen LogP contribution in [0.3, 0.4) is 0 Å². The van der Waals surface area contributed by atoms with E-state index in [2.05, 4.69) is 10.2 Å². The van der Waals surface area contributed by atoms with Crippen LogP contribution >= 0.6 is 11.8 Å². The molecule has 1 aromatic heterocycles. The van der Waals surface area contributed by atoms with Crippen molar-refractivity contribution in [3.8, 4) is 22.9 Å². The molecule has 0 atom stereocenters. The van der Waals surface area contributed by atoms with E-state index >= 15 is 0 Å². The van der Waals surface area contributed by atoms with Crippen molar-refractivity contribution >= 4 is 17.7 Å². The molecule has 1 aromatic carbocycles. The summed E-state index contributed by atoms with van der Waals surface area (Å²) in [6, 6.07) is 5.68. The van der Waals surface area contributed by atoms with E-state index in [4.69, 9.17) is 9.47 Å². The van der Waals surface area contributed by atoms with Gasteiger partial charge in [0.05, 0.1) is 20.0 Å². The number of ether oxygens (including phenoxy) is 2. The zero-order valence-corrected chi connectivity index (χ0v) is 16.9. The number of carbonyl (C=O) groups is 1. The van der Waals surface area contributed by atoms with Crippen LogP contribution in [-0.2, 0) is 11.3 Å². The monoisotopic (exact) mass is 390 g/mol. The van der Waals surface area contributed by atoms with Gasteiger partial charge in [0, 0.05) is 25.2 Å². The lowest BCUT2D eigenvalue weighted by atomic mass is 10.1. The molecule has 2 heterocycles. The van der Waals surface area contributed by atoms with E-state index in [1.165, 1.54) is 18.2 Å². The van der Waals surface area contributed by atoms with Crippen molar-refractivity contribution in [3.63, 3.8) is 0 Å². The average Bonchev–Trinajstić information content (AvgIpc) is 3.14. The summed E-state index contributed by atoms with van der Waals surface area (Å²) < 4.78 is 12.7. The van der Waals surface area contributed by atoms with E-state index in [0.29, 0.717) is 17.3 Å². The molecule has 1 aliphatic rings. The first-order valence-corrected chi connectivity index (χ1v) is 10.2. The van der Waals surface area contributed by atoms with Crippen LogP contribution in [0.5, 0.6) is 11.5 Å². The van der Waals surface area contributed by atoms with Crippen molar-refractivity contribution in [1.82, 2.24) is 19.7 Å². The van der Waals surface area contributed by atoms with Crippen molar-refractivity contribution < 1.29 is 14.3 Å². The summed E-state index contributed by atoms with van der Waals surface area (Å²) in [6.45, 7) is 4.51. The maximum Gasteiger partial charge on any atom is 0.233 e. The molecular formula is C19H26N4O3S. The van der Waals surface area contributed by atoms with Gasteiger partial charge in [-0.25, -0.2) is 0 Å². The molecule has 1 amide bonds. The first-order valence-electron chi connectivity index (χ1n) is 9.24. The third-order valence-electron chi connectivity index (χ3n) is 4.71. The maximum atomic E-state index is 12.4. The van der Waals surface area contributed by atoms with Crippen molar-refractivity contribution in [1.29, 1.82) is 0 Å². The number of hydrogen-bond acceptors (Lipinski definition) is 6. The van der Waals surface area contributed by atoms with Crippen LogP contribution in [0.25, 0.3) is 11.4 Å². The Morgan fingerprint density at radius 1 is 1.11 bits per heavy atom. The molecule has 8 heteroatoms. The molecule has 1 aliphatic heterocycles. The molecule has 0 spiro atoms. The predicted molar refractivity (Wildman–Crippen MR) is 105 cm³/mol. The average molecular weight is 391 g/mol. The number of nitrogens with zero attached hydrogens (tertiary/aromatic N) is 4. The van der Waals surface area contributed by atoms with Gasteiger partial charge in [0.2, 0.25) is 5.91 Å². The second-order valence-electron chi connectivity index (χ2n) is 6.35. The summed E-state index contributed by atoms with van der Waals surface area (Å²) in [6.07, 6.45) is 3.42. The molecule has 27 heavy (non-hydrogen) atoms. The van der Waals surface area contributed by atoms with Gasteiger partial charge in [0.15, 0.2) is 22.5 Å². The van der Waals surface area contributed by atoms with Crippen molar-refractivity contribution in [2.75, 3.05) is 33.1 Å². The number of thioether (sulfide) groups is 1. The van der Waals surface area contributed by atoms with E-state index < -0.39 is 0 Å². The fourth-order valence-corrected chi connectivity index (χ4v) is 4.14. The molecule has 0 N–H and O–H groups in total. The van der Waals surface area contributed by atoms with Gasteiger partial charge in [-0.1, -0.05) is 11.8 Å². The molecule has 2 aromatic rings. The molecular weight excluding hydrogens is 364 g/mol. The fourth-order valence-electron chi connectivity index (χ4n) is 3.23. The number of hydrogen-bond donors (Lipinski definition) is 0. The number of likely N-dealkylation sites (tertiary alicyclic amines) is 1. The van der Waals surface area contributed by atoms with Gasteiger partial charge >= 0.3 is 0 Å². The zero-order chi connectivity index (χ0) is 19.2. The normalized spacial score (nSPS) is 14.3. The van der Waals surface area contributed by atoms with Crippen LogP contribution in [0.15, 0.2) is 23.4 Å². The fraction of sp³-hybridized carbons (Fsp3) is 0.526. The van der Waals surface area contributed by atoms with Crippen LogP contribution in [-0.4, -0.2) is 58.6 Å². The topological polar surface area (TPSA) is 69.5 Å². The smallest absolute Gasteiger partial charge is 0.233 e. The first kappa shape index (κ1) is 19.5. The standard InChI is InChI=1S/C19H26N4O3S/c1-4-23-18(14-8-9-15(25-2)16(12-14)26-3)20-21-19(23)27-13-17(24)22-10-6-5-7-11-22/h8-9,12H,4-7,10-11,13H2,1-3H3. The Balaban J connectivity index is 1.75. The van der Waals surface area contributed by atoms with Crippen LogP contribution in [0.4, 0.5) is 0 Å². The lowest BCUT2D eigenvalue weighted by molar-refractivity contribution is -0.129. The van der Waals surface area contributed by atoms with Crippen LogP contribution in [0.2, 0.25) is 0 Å². The second kappa shape index (κ2) is 9.12. The summed E-state index contributed by atoms with van der Waals surface area (Å²) in [4.78, 5) is 14.4. The SMILES string of the molecule is CCn1c(SCC(=O)N2CCCCC2)nnc1-c1ccc(OC)c(OC)c1. The minimum absolute atomic E-state index is 0.179. The van der Waals surface area contributed by atoms with E-state index in [0.717, 1.165) is 49.0 Å². The molecule has 1 fully saturated rings. The summed E-state index contributed by atoms with van der Waals surface area (Å²) in [5.74, 6) is 2.65. The Labute approximate surface area is 164 Å². The van der Waals surface area contributed by atoms with E-state index in [-0.39, 0.29) is 5.91 Å². The highest BCUT2D eigenvalue weighted by Gasteiger charge is 2.19. The van der Waals surface area contributed by atoms with Gasteiger partial charge in [-0.05, 0) is 44.4 Å². The summed E-state index contributed by atoms with van der Waals surface area (Å²) in [5.41, 5.74) is 0.899. The highest BCUT2D eigenvalue weighted by Crippen LogP contribution is 2.32. The van der Waals surface area contributed by atoms with Gasteiger partial charge in [0.25, 0.3) is 0 Å². The van der Waals surface area contributed by atoms with Crippen LogP contribution < -0.4 is 9.47 Å². The molecule has 0 aliphatic carbocycles. The van der Waals surface area contributed by atoms with Crippen molar-refractivity contribution in [3.05, 3.63) is 18.2 Å². The van der Waals surface area contributed by atoms with Crippen molar-refractivity contribution in [2.24, 2.45) is 0 Å². The number of piperidine rings is 1. The van der Waals surface area contributed by atoms with Gasteiger partial charge in [-0.15, -0.1) is 10.2 Å². The quantitative estimate of drug-likeness (QED) is 0.677. The van der Waals surface area contributed by atoms with Crippen LogP contribution in [0, 0.1) is 0 Å². The van der Waals surface area contributed by atoms with E-state index in [1.54, 1.807) is 14.2 Å². The Kier molecular flexibility index (Phi) is 6.60. The number of carbonyl (C=O) groups excluding carboxylic acids is 1. The largest absolute Gasteiger partial charge is 0.493 e. The molecule has 7 nitrogen and oxygen atoms in total. The first-order chi connectivity index (χ1) is 13.2. The zero-order valence-electron chi connectivity index (χ0n) is 16.1. The van der Waals surface area contributed by atoms with Gasteiger partial charge in [0.1, 0.15) is 0 Å². The minimum Gasteiger partial charge on any atom is -0.493 e. The molecule has 0 radical (unpaired) electrons. The van der Waals surface area contributed by atoms with E-state index in [1.807, 2.05) is 34.6 Å². The number of benzene rings is 1. The molecule has 0 unspecified atom stereocenters. The Morgan fingerprint density at radius 2 is 1.85 bits per heavy atom. The lowest BCUT2D eigenvalue weighted by Gasteiger charge is -2.26. The highest BCUT2D eigenvalue weighted by molar-refractivity contribution is 7.99. The third kappa shape index (κ3) is 4.37. The Hall–Kier alpha value is -2.22. The number of methoxy groups -OCH3 is 2. The second-order valence-corrected chi connectivity index (χ2v) is 7.29. The molecule has 1 saturated heterocycles. The Morgan fingerprint density at radius 3 is 2.52 bits per heavy atom. The highest BCUT2D eigenvalue weighted by atomic mass is 32.2. The minimum atomic E-state index is 0.179. The number of rotatable bonds is 7. The lowest BCUT2D eigenvalue weighted by Crippen LogP contribution is -2.36. The van der Waals surface area contributed by atoms with Gasteiger partial charge in [-0.3, -0.25) is 4.79 Å². The Bertz CT molecular complexity index is 787. The summed E-state index contributed by atoms with van der Waals surface area (Å²) in [5, 5.41) is 9.42. The molecule has 146 valence electrons. The summed E-state index contributed by atoms with van der Waals surface area (Å²) in [7, 11) is 3.22.